The van der Waals surface area contributed by atoms with Gasteiger partial charge in [-0.2, -0.15) is 0 Å². The average Bonchev–Trinajstić information content (AvgIpc) is 2.98. The highest BCUT2D eigenvalue weighted by Gasteiger charge is 2.11. The van der Waals surface area contributed by atoms with Gasteiger partial charge in [0.25, 0.3) is 0 Å². The van der Waals surface area contributed by atoms with Crippen LogP contribution in [0.15, 0.2) is 60.8 Å². The lowest BCUT2D eigenvalue weighted by Crippen LogP contribution is -2.00. The second-order valence-electron chi connectivity index (χ2n) is 6.71. The van der Waals surface area contributed by atoms with E-state index in [1.54, 1.807) is 36.5 Å². The molecular formula is C22H19FN4O2. The molecule has 2 aromatic carbocycles. The Labute approximate surface area is 167 Å². The fourth-order valence-electron chi connectivity index (χ4n) is 3.05. The van der Waals surface area contributed by atoms with E-state index in [4.69, 9.17) is 4.74 Å². The third-order valence-corrected chi connectivity index (χ3v) is 4.43. The van der Waals surface area contributed by atoms with Crippen LogP contribution >= 0.6 is 0 Å². The van der Waals surface area contributed by atoms with Gasteiger partial charge in [0.2, 0.25) is 5.95 Å². The fraction of sp³-hybridized carbons (Fsp3) is 0.136. The number of nitrogens with one attached hydrogen (secondary N) is 1. The Balaban J connectivity index is 1.60. The molecule has 29 heavy (non-hydrogen) atoms. The molecule has 146 valence electrons. The SMILES string of the molecule is CC(=O)Cc1cc(Oc2ccc3c(c2)nc(Nc2ccccc2F)n3C)ccn1. The maximum Gasteiger partial charge on any atom is 0.208 e. The molecule has 4 rings (SSSR count). The Morgan fingerprint density at radius 2 is 1.93 bits per heavy atom. The number of hydrogen-bond acceptors (Lipinski definition) is 5. The van der Waals surface area contributed by atoms with Crippen molar-refractivity contribution in [2.45, 2.75) is 13.3 Å². The molecule has 2 heterocycles. The summed E-state index contributed by atoms with van der Waals surface area (Å²) in [5.41, 5.74) is 2.60. The molecule has 0 radical (unpaired) electrons. The number of halogens is 1. The van der Waals surface area contributed by atoms with E-state index >= 15 is 0 Å². The third-order valence-electron chi connectivity index (χ3n) is 4.43. The zero-order chi connectivity index (χ0) is 20.4. The van der Waals surface area contributed by atoms with Gasteiger partial charge in [-0.25, -0.2) is 9.37 Å². The van der Waals surface area contributed by atoms with Crippen LogP contribution in [0.25, 0.3) is 11.0 Å². The fourth-order valence-corrected chi connectivity index (χ4v) is 3.05. The highest BCUT2D eigenvalue weighted by atomic mass is 19.1. The van der Waals surface area contributed by atoms with E-state index in [-0.39, 0.29) is 18.0 Å². The van der Waals surface area contributed by atoms with Gasteiger partial charge in [-0.15, -0.1) is 0 Å². The molecule has 2 aromatic heterocycles. The molecule has 4 aromatic rings. The molecule has 0 amide bonds. The zero-order valence-electron chi connectivity index (χ0n) is 16.0. The number of hydrogen-bond donors (Lipinski definition) is 1. The highest BCUT2D eigenvalue weighted by molar-refractivity contribution is 5.81. The number of carbonyl (C=O) groups is 1. The number of Topliss-reactive ketones (excluding diaryl/α,β-unsaturated/α-hetero) is 1. The van der Waals surface area contributed by atoms with Gasteiger partial charge in [0, 0.05) is 31.8 Å². The van der Waals surface area contributed by atoms with Crippen LogP contribution in [0.3, 0.4) is 0 Å². The number of pyridine rings is 1. The predicted octanol–water partition coefficient (Wildman–Crippen LogP) is 4.77. The number of imidazole rings is 1. The lowest BCUT2D eigenvalue weighted by molar-refractivity contribution is -0.116. The molecule has 7 heteroatoms. The maximum absolute atomic E-state index is 13.9. The molecule has 0 saturated carbocycles. The Hall–Kier alpha value is -3.74. The van der Waals surface area contributed by atoms with E-state index in [9.17, 15) is 9.18 Å². The van der Waals surface area contributed by atoms with E-state index < -0.39 is 0 Å². The zero-order valence-corrected chi connectivity index (χ0v) is 16.0. The number of anilines is 2. The summed E-state index contributed by atoms with van der Waals surface area (Å²) in [7, 11) is 1.86. The number of benzene rings is 2. The van der Waals surface area contributed by atoms with Gasteiger partial charge in [-0.1, -0.05) is 12.1 Å². The normalized spacial score (nSPS) is 10.9. The van der Waals surface area contributed by atoms with Gasteiger partial charge < -0.3 is 14.6 Å². The maximum atomic E-state index is 13.9. The van der Waals surface area contributed by atoms with Gasteiger partial charge in [0.1, 0.15) is 23.1 Å². The molecule has 0 spiro atoms. The number of aromatic nitrogens is 3. The minimum atomic E-state index is -0.345. The van der Waals surface area contributed by atoms with E-state index in [1.165, 1.54) is 13.0 Å². The minimum Gasteiger partial charge on any atom is -0.457 e. The Kier molecular flexibility index (Phi) is 4.95. The van der Waals surface area contributed by atoms with E-state index in [1.807, 2.05) is 29.8 Å². The van der Waals surface area contributed by atoms with Gasteiger partial charge in [0.15, 0.2) is 0 Å². The van der Waals surface area contributed by atoms with Crippen LogP contribution in [-0.2, 0) is 18.3 Å². The molecule has 1 N–H and O–H groups in total. The van der Waals surface area contributed by atoms with Crippen molar-refractivity contribution in [3.8, 4) is 11.5 Å². The molecule has 0 saturated heterocycles. The summed E-state index contributed by atoms with van der Waals surface area (Å²) in [6.07, 6.45) is 1.88. The topological polar surface area (TPSA) is 69.0 Å². The van der Waals surface area contributed by atoms with E-state index in [2.05, 4.69) is 15.3 Å². The van der Waals surface area contributed by atoms with Crippen LogP contribution in [-0.4, -0.2) is 20.3 Å². The van der Waals surface area contributed by atoms with Crippen LogP contribution in [0.1, 0.15) is 12.6 Å². The molecule has 0 atom stereocenters. The smallest absolute Gasteiger partial charge is 0.208 e. The first kappa shape index (κ1) is 18.6. The second kappa shape index (κ2) is 7.71. The third kappa shape index (κ3) is 4.08. The number of ketones is 1. The highest BCUT2D eigenvalue weighted by Crippen LogP contribution is 2.28. The monoisotopic (exact) mass is 390 g/mol. The van der Waals surface area contributed by atoms with Gasteiger partial charge >= 0.3 is 0 Å². The lowest BCUT2D eigenvalue weighted by atomic mass is 10.2. The number of nitrogens with zero attached hydrogens (tertiary/aromatic N) is 3. The first-order chi connectivity index (χ1) is 14.0. The van der Waals surface area contributed by atoms with Crippen LogP contribution in [0.5, 0.6) is 11.5 Å². The first-order valence-electron chi connectivity index (χ1n) is 9.10. The van der Waals surface area contributed by atoms with Gasteiger partial charge in [-0.05, 0) is 37.3 Å². The van der Waals surface area contributed by atoms with Crippen molar-refractivity contribution >= 4 is 28.5 Å². The summed E-state index contributed by atoms with van der Waals surface area (Å²) in [6.45, 7) is 1.52. The molecule has 0 bridgehead atoms. The summed E-state index contributed by atoms with van der Waals surface area (Å²) in [4.78, 5) is 20.0. The molecule has 0 aliphatic rings. The summed E-state index contributed by atoms with van der Waals surface area (Å²) in [5, 5.41) is 3.02. The molecule has 0 unspecified atom stereocenters. The Morgan fingerprint density at radius 1 is 1.14 bits per heavy atom. The molecular weight excluding hydrogens is 371 g/mol. The van der Waals surface area contributed by atoms with Gasteiger partial charge in [-0.3, -0.25) is 9.78 Å². The summed E-state index contributed by atoms with van der Waals surface area (Å²) < 4.78 is 21.7. The number of aryl methyl sites for hydroxylation is 1. The molecule has 6 nitrogen and oxygen atoms in total. The second-order valence-corrected chi connectivity index (χ2v) is 6.71. The van der Waals surface area contributed by atoms with Crippen LogP contribution in [0, 0.1) is 5.82 Å². The van der Waals surface area contributed by atoms with Crippen molar-refractivity contribution < 1.29 is 13.9 Å². The average molecular weight is 390 g/mol. The number of carbonyl (C=O) groups excluding carboxylic acids is 1. The minimum absolute atomic E-state index is 0.0411. The lowest BCUT2D eigenvalue weighted by Gasteiger charge is -2.07. The Bertz CT molecular complexity index is 1200. The van der Waals surface area contributed by atoms with Crippen molar-refractivity contribution in [2.75, 3.05) is 5.32 Å². The Morgan fingerprint density at radius 3 is 2.72 bits per heavy atom. The number of rotatable bonds is 6. The molecule has 0 fully saturated rings. The van der Waals surface area contributed by atoms with Crippen LogP contribution in [0.4, 0.5) is 16.0 Å². The number of ether oxygens (including phenoxy) is 1. The van der Waals surface area contributed by atoms with Crippen molar-refractivity contribution in [2.24, 2.45) is 7.05 Å². The first-order valence-corrected chi connectivity index (χ1v) is 9.10. The van der Waals surface area contributed by atoms with Crippen molar-refractivity contribution in [3.05, 3.63) is 72.3 Å². The quantitative estimate of drug-likeness (QED) is 0.513. The van der Waals surface area contributed by atoms with E-state index in [0.29, 0.717) is 34.3 Å². The van der Waals surface area contributed by atoms with Crippen LogP contribution < -0.4 is 10.1 Å². The summed E-state index contributed by atoms with van der Waals surface area (Å²) in [6, 6.07) is 15.5. The van der Waals surface area contributed by atoms with Crippen LogP contribution in [0.2, 0.25) is 0 Å². The van der Waals surface area contributed by atoms with Crippen molar-refractivity contribution in [1.29, 1.82) is 0 Å². The largest absolute Gasteiger partial charge is 0.457 e. The van der Waals surface area contributed by atoms with Crippen molar-refractivity contribution in [3.63, 3.8) is 0 Å². The molecule has 0 aliphatic heterocycles. The number of para-hydroxylation sites is 1. The van der Waals surface area contributed by atoms with Gasteiger partial charge in [0.05, 0.1) is 22.4 Å². The van der Waals surface area contributed by atoms with Crippen molar-refractivity contribution in [1.82, 2.24) is 14.5 Å². The summed E-state index contributed by atoms with van der Waals surface area (Å²) >= 11 is 0. The predicted molar refractivity (Wildman–Crippen MR) is 109 cm³/mol. The summed E-state index contributed by atoms with van der Waals surface area (Å²) in [5.74, 6) is 1.42. The van der Waals surface area contributed by atoms with E-state index in [0.717, 1.165) is 5.52 Å². The standard InChI is InChI=1S/C22H19FN4O2/c1-14(28)11-15-12-17(9-10-24-15)29-16-7-8-21-20(13-16)26-22(27(21)2)25-19-6-4-3-5-18(19)23/h3-10,12-13H,11H2,1-2H3,(H,25,26). The number of fused-ring (bicyclic) bond motifs is 1. The molecule has 0 aliphatic carbocycles.